The highest BCUT2D eigenvalue weighted by atomic mass is 16.6. The SMILES string of the molecule is CC1CC(C)CN(C(=O)c2ccc(N3CCN(c4ccccn4)CC3)c([N+](=O)[O-])c2)C1. The third-order valence-electron chi connectivity index (χ3n) is 6.17. The van der Waals surface area contributed by atoms with Crippen LogP contribution >= 0.6 is 0 Å². The highest BCUT2D eigenvalue weighted by Crippen LogP contribution is 2.32. The van der Waals surface area contributed by atoms with Gasteiger partial charge in [-0.05, 0) is 42.5 Å². The predicted molar refractivity (Wildman–Crippen MR) is 121 cm³/mol. The molecular weight excluding hydrogens is 394 g/mol. The van der Waals surface area contributed by atoms with Crippen LogP contribution in [0.4, 0.5) is 17.2 Å². The summed E-state index contributed by atoms with van der Waals surface area (Å²) in [4.78, 5) is 34.9. The smallest absolute Gasteiger partial charge is 0.293 e. The number of hydrogen-bond acceptors (Lipinski definition) is 6. The van der Waals surface area contributed by atoms with Crippen LogP contribution in [0.1, 0.15) is 30.6 Å². The summed E-state index contributed by atoms with van der Waals surface area (Å²) in [7, 11) is 0. The van der Waals surface area contributed by atoms with Crippen molar-refractivity contribution in [1.82, 2.24) is 9.88 Å². The van der Waals surface area contributed by atoms with Crippen molar-refractivity contribution in [3.63, 3.8) is 0 Å². The second-order valence-corrected chi connectivity index (χ2v) is 8.78. The predicted octanol–water partition coefficient (Wildman–Crippen LogP) is 3.43. The lowest BCUT2D eigenvalue weighted by atomic mass is 9.91. The molecule has 8 nitrogen and oxygen atoms in total. The van der Waals surface area contributed by atoms with Gasteiger partial charge < -0.3 is 14.7 Å². The summed E-state index contributed by atoms with van der Waals surface area (Å²) >= 11 is 0. The molecule has 1 aromatic heterocycles. The van der Waals surface area contributed by atoms with E-state index in [1.807, 2.05) is 28.0 Å². The first-order chi connectivity index (χ1) is 14.9. The minimum Gasteiger partial charge on any atom is -0.362 e. The van der Waals surface area contributed by atoms with E-state index >= 15 is 0 Å². The second-order valence-electron chi connectivity index (χ2n) is 8.78. The summed E-state index contributed by atoms with van der Waals surface area (Å²) in [5.74, 6) is 1.69. The van der Waals surface area contributed by atoms with E-state index in [4.69, 9.17) is 0 Å². The molecule has 0 saturated carbocycles. The molecule has 2 aromatic rings. The number of anilines is 2. The lowest BCUT2D eigenvalue weighted by molar-refractivity contribution is -0.384. The van der Waals surface area contributed by atoms with Crippen LogP contribution < -0.4 is 9.80 Å². The van der Waals surface area contributed by atoms with Gasteiger partial charge in [0, 0.05) is 57.1 Å². The fourth-order valence-electron chi connectivity index (χ4n) is 4.80. The highest BCUT2D eigenvalue weighted by molar-refractivity contribution is 5.96. The molecule has 0 bridgehead atoms. The number of nitro groups is 1. The number of piperazine rings is 1. The number of carbonyl (C=O) groups excluding carboxylic acids is 1. The van der Waals surface area contributed by atoms with Crippen molar-refractivity contribution >= 4 is 23.1 Å². The Labute approximate surface area is 182 Å². The minimum absolute atomic E-state index is 0.00441. The van der Waals surface area contributed by atoms with Crippen molar-refractivity contribution in [2.75, 3.05) is 49.1 Å². The molecule has 0 N–H and O–H groups in total. The Morgan fingerprint density at radius 3 is 2.32 bits per heavy atom. The summed E-state index contributed by atoms with van der Waals surface area (Å²) in [6.45, 7) is 8.48. The van der Waals surface area contributed by atoms with Gasteiger partial charge in [0.2, 0.25) is 0 Å². The molecule has 1 amide bonds. The Bertz CT molecular complexity index is 933. The van der Waals surface area contributed by atoms with E-state index in [2.05, 4.69) is 23.7 Å². The van der Waals surface area contributed by atoms with E-state index < -0.39 is 0 Å². The zero-order valence-electron chi connectivity index (χ0n) is 18.1. The molecular formula is C23H29N5O3. The van der Waals surface area contributed by atoms with Crippen LogP contribution in [0.2, 0.25) is 0 Å². The van der Waals surface area contributed by atoms with Crippen LogP contribution in [0.15, 0.2) is 42.6 Å². The first-order valence-electron chi connectivity index (χ1n) is 10.9. The average molecular weight is 424 g/mol. The molecule has 0 aliphatic carbocycles. The fraction of sp³-hybridized carbons (Fsp3) is 0.478. The molecule has 8 heteroatoms. The standard InChI is InChI=1S/C23H29N5O3/c1-17-13-18(2)16-27(15-17)23(29)19-6-7-20(21(14-19)28(30)31)25-9-11-26(12-10-25)22-5-3-4-8-24-22/h3-8,14,17-18H,9-13,15-16H2,1-2H3. The number of likely N-dealkylation sites (tertiary alicyclic amines) is 1. The van der Waals surface area contributed by atoms with Gasteiger partial charge in [-0.1, -0.05) is 19.9 Å². The van der Waals surface area contributed by atoms with Crippen LogP contribution in [-0.2, 0) is 0 Å². The molecule has 164 valence electrons. The van der Waals surface area contributed by atoms with Crippen molar-refractivity contribution in [3.05, 3.63) is 58.3 Å². The Kier molecular flexibility index (Phi) is 6.06. The topological polar surface area (TPSA) is 82.8 Å². The van der Waals surface area contributed by atoms with E-state index in [1.54, 1.807) is 18.3 Å². The van der Waals surface area contributed by atoms with Gasteiger partial charge in [0.1, 0.15) is 11.5 Å². The number of piperidine rings is 1. The van der Waals surface area contributed by atoms with Crippen molar-refractivity contribution in [2.45, 2.75) is 20.3 Å². The maximum Gasteiger partial charge on any atom is 0.293 e. The highest BCUT2D eigenvalue weighted by Gasteiger charge is 2.29. The molecule has 2 aliphatic heterocycles. The number of benzene rings is 1. The Morgan fingerprint density at radius 1 is 1.03 bits per heavy atom. The number of amides is 1. The van der Waals surface area contributed by atoms with Gasteiger partial charge in [-0.3, -0.25) is 14.9 Å². The average Bonchev–Trinajstić information content (AvgIpc) is 2.78. The lowest BCUT2D eigenvalue weighted by Gasteiger charge is -2.36. The molecule has 3 heterocycles. The number of nitrogens with zero attached hydrogens (tertiary/aromatic N) is 5. The minimum atomic E-state index is -0.376. The molecule has 0 spiro atoms. The maximum absolute atomic E-state index is 13.0. The van der Waals surface area contributed by atoms with Crippen LogP contribution in [0.3, 0.4) is 0 Å². The number of rotatable bonds is 4. The van der Waals surface area contributed by atoms with E-state index in [0.717, 1.165) is 25.3 Å². The number of aromatic nitrogens is 1. The van der Waals surface area contributed by atoms with Gasteiger partial charge in [0.15, 0.2) is 0 Å². The van der Waals surface area contributed by atoms with Crippen LogP contribution in [0, 0.1) is 22.0 Å². The van der Waals surface area contributed by atoms with Gasteiger partial charge >= 0.3 is 0 Å². The van der Waals surface area contributed by atoms with Crippen molar-refractivity contribution in [2.24, 2.45) is 11.8 Å². The molecule has 4 rings (SSSR count). The van der Waals surface area contributed by atoms with Gasteiger partial charge in [-0.2, -0.15) is 0 Å². The summed E-state index contributed by atoms with van der Waals surface area (Å²) in [6, 6.07) is 10.7. The van der Waals surface area contributed by atoms with Crippen LogP contribution in [0.25, 0.3) is 0 Å². The third-order valence-corrected chi connectivity index (χ3v) is 6.17. The third kappa shape index (κ3) is 4.62. The van der Waals surface area contributed by atoms with Gasteiger partial charge in [0.05, 0.1) is 4.92 Å². The normalized spacial score (nSPS) is 21.8. The van der Waals surface area contributed by atoms with Crippen molar-refractivity contribution < 1.29 is 9.72 Å². The monoisotopic (exact) mass is 423 g/mol. The Balaban J connectivity index is 1.50. The lowest BCUT2D eigenvalue weighted by Crippen LogP contribution is -2.47. The van der Waals surface area contributed by atoms with Crippen molar-refractivity contribution in [3.8, 4) is 0 Å². The Hall–Kier alpha value is -3.16. The molecule has 2 saturated heterocycles. The molecule has 1 aromatic carbocycles. The van der Waals surface area contributed by atoms with Gasteiger partial charge in [0.25, 0.3) is 11.6 Å². The maximum atomic E-state index is 13.0. The molecule has 31 heavy (non-hydrogen) atoms. The van der Waals surface area contributed by atoms with Crippen LogP contribution in [-0.4, -0.2) is 60.0 Å². The van der Waals surface area contributed by atoms with Crippen molar-refractivity contribution in [1.29, 1.82) is 0 Å². The summed E-state index contributed by atoms with van der Waals surface area (Å²) in [5, 5.41) is 11.8. The van der Waals surface area contributed by atoms with E-state index in [0.29, 0.717) is 49.3 Å². The second kappa shape index (κ2) is 8.91. The number of nitro benzene ring substituents is 1. The zero-order chi connectivity index (χ0) is 22.0. The van der Waals surface area contributed by atoms with E-state index in [1.165, 1.54) is 6.07 Å². The molecule has 2 aliphatic rings. The van der Waals surface area contributed by atoms with Gasteiger partial charge in [-0.25, -0.2) is 4.98 Å². The first-order valence-corrected chi connectivity index (χ1v) is 10.9. The summed E-state index contributed by atoms with van der Waals surface area (Å²) in [6.07, 6.45) is 2.87. The molecule has 2 fully saturated rings. The quantitative estimate of drug-likeness (QED) is 0.553. The fourth-order valence-corrected chi connectivity index (χ4v) is 4.80. The number of carbonyl (C=O) groups is 1. The zero-order valence-corrected chi connectivity index (χ0v) is 18.1. The Morgan fingerprint density at radius 2 is 1.71 bits per heavy atom. The largest absolute Gasteiger partial charge is 0.362 e. The van der Waals surface area contributed by atoms with Gasteiger partial charge in [-0.15, -0.1) is 0 Å². The van der Waals surface area contributed by atoms with Crippen LogP contribution in [0.5, 0.6) is 0 Å². The number of hydrogen-bond donors (Lipinski definition) is 0. The van der Waals surface area contributed by atoms with E-state index in [-0.39, 0.29) is 16.5 Å². The summed E-state index contributed by atoms with van der Waals surface area (Å²) < 4.78 is 0. The van der Waals surface area contributed by atoms with E-state index in [9.17, 15) is 14.9 Å². The summed E-state index contributed by atoms with van der Waals surface area (Å²) in [5.41, 5.74) is 0.960. The number of pyridine rings is 1. The molecule has 0 radical (unpaired) electrons. The molecule has 2 atom stereocenters. The molecule has 2 unspecified atom stereocenters. The first kappa shape index (κ1) is 21.1.